The Balaban J connectivity index is 1.76. The Kier molecular flexibility index (Phi) is 5.54. The van der Waals surface area contributed by atoms with Gasteiger partial charge in [-0.15, -0.1) is 0 Å². The lowest BCUT2D eigenvalue weighted by Gasteiger charge is -2.28. The largest absolute Gasteiger partial charge is 0.314 e. The number of rotatable bonds is 8. The molecule has 0 saturated heterocycles. The van der Waals surface area contributed by atoms with Gasteiger partial charge < -0.3 is 5.32 Å². The molecule has 0 amide bonds. The van der Waals surface area contributed by atoms with E-state index >= 15 is 0 Å². The molecule has 0 spiro atoms. The Labute approximate surface area is 114 Å². The summed E-state index contributed by atoms with van der Waals surface area (Å²) in [6, 6.07) is 0.802. The van der Waals surface area contributed by atoms with Crippen LogP contribution in [0.15, 0.2) is 0 Å². The van der Waals surface area contributed by atoms with E-state index in [0.29, 0.717) is 0 Å². The van der Waals surface area contributed by atoms with E-state index in [4.69, 9.17) is 0 Å². The van der Waals surface area contributed by atoms with Crippen molar-refractivity contribution >= 4 is 0 Å². The van der Waals surface area contributed by atoms with E-state index in [1.165, 1.54) is 32.2 Å². The van der Waals surface area contributed by atoms with E-state index in [2.05, 4.69) is 26.1 Å². The molecule has 1 N–H and O–H groups in total. The first-order valence-corrected chi connectivity index (χ1v) is 8.42. The highest BCUT2D eigenvalue weighted by molar-refractivity contribution is 4.91. The summed E-state index contributed by atoms with van der Waals surface area (Å²) in [5, 5.41) is 3.81. The maximum Gasteiger partial charge on any atom is 0.00699 e. The first-order chi connectivity index (χ1) is 8.69. The molecule has 0 heterocycles. The van der Waals surface area contributed by atoms with Crippen LogP contribution < -0.4 is 5.32 Å². The van der Waals surface area contributed by atoms with Crippen LogP contribution in [0.5, 0.6) is 0 Å². The lowest BCUT2D eigenvalue weighted by atomic mass is 9.83. The van der Waals surface area contributed by atoms with Crippen LogP contribution in [0.25, 0.3) is 0 Å². The zero-order chi connectivity index (χ0) is 13.0. The van der Waals surface area contributed by atoms with E-state index in [0.717, 1.165) is 29.7 Å². The molecular formula is C17H33N. The van der Waals surface area contributed by atoms with Crippen LogP contribution in [-0.4, -0.2) is 12.6 Å². The Morgan fingerprint density at radius 3 is 2.50 bits per heavy atom. The molecule has 4 unspecified atom stereocenters. The van der Waals surface area contributed by atoms with Gasteiger partial charge in [0, 0.05) is 6.04 Å². The second-order valence-corrected chi connectivity index (χ2v) is 7.29. The predicted octanol–water partition coefficient (Wildman–Crippen LogP) is 4.62. The quantitative estimate of drug-likeness (QED) is 0.664. The zero-order valence-electron chi connectivity index (χ0n) is 12.8. The number of hydrogen-bond acceptors (Lipinski definition) is 1. The van der Waals surface area contributed by atoms with Crippen molar-refractivity contribution in [3.8, 4) is 0 Å². The maximum absolute atomic E-state index is 3.81. The highest BCUT2D eigenvalue weighted by atomic mass is 14.9. The molecule has 0 aliphatic heterocycles. The molecule has 2 aliphatic carbocycles. The molecule has 2 fully saturated rings. The third-order valence-electron chi connectivity index (χ3n) is 5.25. The minimum Gasteiger partial charge on any atom is -0.314 e. The summed E-state index contributed by atoms with van der Waals surface area (Å²) >= 11 is 0. The number of nitrogens with one attached hydrogen (secondary N) is 1. The maximum atomic E-state index is 3.81. The van der Waals surface area contributed by atoms with Crippen LogP contribution in [0.4, 0.5) is 0 Å². The molecule has 2 saturated carbocycles. The normalized spacial score (nSPS) is 32.3. The summed E-state index contributed by atoms with van der Waals surface area (Å²) in [4.78, 5) is 0. The fourth-order valence-corrected chi connectivity index (χ4v) is 4.22. The van der Waals surface area contributed by atoms with Gasteiger partial charge in [0.1, 0.15) is 0 Å². The smallest absolute Gasteiger partial charge is 0.00699 e. The molecule has 4 atom stereocenters. The molecule has 1 nitrogen and oxygen atoms in total. The average molecular weight is 251 g/mol. The van der Waals surface area contributed by atoms with Gasteiger partial charge in [0.05, 0.1) is 0 Å². The van der Waals surface area contributed by atoms with Crippen LogP contribution in [0.1, 0.15) is 72.1 Å². The number of hydrogen-bond donors (Lipinski definition) is 1. The third kappa shape index (κ3) is 3.98. The van der Waals surface area contributed by atoms with Gasteiger partial charge in [0.2, 0.25) is 0 Å². The predicted molar refractivity (Wildman–Crippen MR) is 79.7 cm³/mol. The molecule has 2 rings (SSSR count). The average Bonchev–Trinajstić information content (AvgIpc) is 2.94. The van der Waals surface area contributed by atoms with Crippen LogP contribution in [-0.2, 0) is 0 Å². The molecular weight excluding hydrogens is 218 g/mol. The van der Waals surface area contributed by atoms with Gasteiger partial charge in [-0.05, 0) is 75.2 Å². The van der Waals surface area contributed by atoms with E-state index < -0.39 is 0 Å². The fraction of sp³-hybridized carbons (Fsp3) is 1.00. The van der Waals surface area contributed by atoms with E-state index in [-0.39, 0.29) is 0 Å². The minimum atomic E-state index is 0.802. The molecule has 0 aromatic heterocycles. The molecule has 0 aromatic carbocycles. The number of fused-ring (bicyclic) bond motifs is 2. The van der Waals surface area contributed by atoms with Gasteiger partial charge in [-0.25, -0.2) is 0 Å². The van der Waals surface area contributed by atoms with Crippen LogP contribution in [0.3, 0.4) is 0 Å². The van der Waals surface area contributed by atoms with Gasteiger partial charge in [0.15, 0.2) is 0 Å². The first kappa shape index (κ1) is 14.4. The summed E-state index contributed by atoms with van der Waals surface area (Å²) in [5.41, 5.74) is 0. The Hall–Kier alpha value is -0.0400. The molecule has 106 valence electrons. The lowest BCUT2D eigenvalue weighted by molar-refractivity contribution is 0.266. The third-order valence-corrected chi connectivity index (χ3v) is 5.25. The summed E-state index contributed by atoms with van der Waals surface area (Å²) < 4.78 is 0. The first-order valence-electron chi connectivity index (χ1n) is 8.42. The van der Waals surface area contributed by atoms with E-state index in [9.17, 15) is 0 Å². The topological polar surface area (TPSA) is 12.0 Å². The van der Waals surface area contributed by atoms with Crippen LogP contribution in [0, 0.1) is 23.7 Å². The summed E-state index contributed by atoms with van der Waals surface area (Å²) in [6.07, 6.45) is 11.7. The van der Waals surface area contributed by atoms with Gasteiger partial charge in [0.25, 0.3) is 0 Å². The van der Waals surface area contributed by atoms with Crippen molar-refractivity contribution < 1.29 is 0 Å². The van der Waals surface area contributed by atoms with Crippen LogP contribution in [0.2, 0.25) is 0 Å². The van der Waals surface area contributed by atoms with Crippen molar-refractivity contribution in [3.05, 3.63) is 0 Å². The van der Waals surface area contributed by atoms with Gasteiger partial charge >= 0.3 is 0 Å². The molecule has 2 bridgehead atoms. The molecule has 18 heavy (non-hydrogen) atoms. The second kappa shape index (κ2) is 6.93. The monoisotopic (exact) mass is 251 g/mol. The Bertz CT molecular complexity index is 236. The van der Waals surface area contributed by atoms with E-state index in [1.54, 1.807) is 25.7 Å². The molecule has 1 heteroatoms. The summed E-state index contributed by atoms with van der Waals surface area (Å²) in [6.45, 7) is 8.20. The molecule has 2 aliphatic rings. The van der Waals surface area contributed by atoms with Crippen LogP contribution >= 0.6 is 0 Å². The van der Waals surface area contributed by atoms with Gasteiger partial charge in [-0.1, -0.05) is 27.2 Å². The minimum absolute atomic E-state index is 0.802. The van der Waals surface area contributed by atoms with Crippen molar-refractivity contribution in [2.45, 2.75) is 78.2 Å². The van der Waals surface area contributed by atoms with Crippen molar-refractivity contribution in [2.24, 2.45) is 23.7 Å². The molecule has 0 aromatic rings. The standard InChI is InChI=1S/C17H33N/c1-4-9-18-17(8-5-13(2)3)12-16-11-14-6-7-15(16)10-14/h13-18H,4-12H2,1-3H3. The highest BCUT2D eigenvalue weighted by Gasteiger charge is 2.39. The van der Waals surface area contributed by atoms with Gasteiger partial charge in [-0.3, -0.25) is 0 Å². The van der Waals surface area contributed by atoms with Crippen molar-refractivity contribution in [3.63, 3.8) is 0 Å². The molecule has 0 radical (unpaired) electrons. The lowest BCUT2D eigenvalue weighted by Crippen LogP contribution is -2.33. The summed E-state index contributed by atoms with van der Waals surface area (Å²) in [7, 11) is 0. The van der Waals surface area contributed by atoms with E-state index in [1.807, 2.05) is 0 Å². The van der Waals surface area contributed by atoms with Crippen molar-refractivity contribution in [1.29, 1.82) is 0 Å². The Morgan fingerprint density at radius 1 is 1.11 bits per heavy atom. The fourth-order valence-electron chi connectivity index (χ4n) is 4.22. The highest BCUT2D eigenvalue weighted by Crippen LogP contribution is 2.50. The Morgan fingerprint density at radius 2 is 1.94 bits per heavy atom. The van der Waals surface area contributed by atoms with Crippen molar-refractivity contribution in [2.75, 3.05) is 6.54 Å². The summed E-state index contributed by atoms with van der Waals surface area (Å²) in [5.74, 6) is 4.12. The SMILES string of the molecule is CCCNC(CCC(C)C)CC1CC2CCC1C2. The van der Waals surface area contributed by atoms with Crippen molar-refractivity contribution in [1.82, 2.24) is 5.32 Å². The second-order valence-electron chi connectivity index (χ2n) is 7.29. The van der Waals surface area contributed by atoms with Gasteiger partial charge in [-0.2, -0.15) is 0 Å². The zero-order valence-corrected chi connectivity index (χ0v) is 12.8.